The Balaban J connectivity index is 2.04. The SMILES string of the molecule is CC(=O)OCC1OC(CN2C(=O)CCC2=O)C(C)C(C)C1C. The normalized spacial score (nSPS) is 35.8. The molecule has 0 bridgehead atoms. The largest absolute Gasteiger partial charge is 0.463 e. The van der Waals surface area contributed by atoms with E-state index in [1.807, 2.05) is 0 Å². The minimum Gasteiger partial charge on any atom is -0.463 e. The number of rotatable bonds is 4. The Morgan fingerprint density at radius 2 is 1.64 bits per heavy atom. The fourth-order valence-electron chi connectivity index (χ4n) is 3.23. The van der Waals surface area contributed by atoms with E-state index < -0.39 is 0 Å². The maximum Gasteiger partial charge on any atom is 0.302 e. The van der Waals surface area contributed by atoms with E-state index in [1.165, 1.54) is 11.8 Å². The predicted octanol–water partition coefficient (Wildman–Crippen LogP) is 1.37. The second-order valence-electron chi connectivity index (χ2n) is 6.49. The van der Waals surface area contributed by atoms with Crippen molar-refractivity contribution >= 4 is 17.8 Å². The molecule has 2 saturated heterocycles. The van der Waals surface area contributed by atoms with Gasteiger partial charge in [-0.3, -0.25) is 19.3 Å². The van der Waals surface area contributed by atoms with Crippen LogP contribution in [0.3, 0.4) is 0 Å². The lowest BCUT2D eigenvalue weighted by molar-refractivity contribution is -0.173. The Kier molecular flexibility index (Phi) is 5.21. The second kappa shape index (κ2) is 6.77. The minimum atomic E-state index is -0.330. The van der Waals surface area contributed by atoms with Gasteiger partial charge >= 0.3 is 5.97 Å². The number of carbonyl (C=O) groups excluding carboxylic acids is 3. The lowest BCUT2D eigenvalue weighted by atomic mass is 9.76. The molecular weight excluding hydrogens is 286 g/mol. The van der Waals surface area contributed by atoms with Gasteiger partial charge in [-0.25, -0.2) is 0 Å². The third-order valence-electron chi connectivity index (χ3n) is 5.15. The van der Waals surface area contributed by atoms with E-state index in [-0.39, 0.29) is 48.4 Å². The van der Waals surface area contributed by atoms with Gasteiger partial charge in [-0.15, -0.1) is 0 Å². The van der Waals surface area contributed by atoms with Crippen molar-refractivity contribution in [2.24, 2.45) is 17.8 Å². The van der Waals surface area contributed by atoms with E-state index in [2.05, 4.69) is 20.8 Å². The van der Waals surface area contributed by atoms with Gasteiger partial charge in [0.05, 0.1) is 18.8 Å². The Morgan fingerprint density at radius 1 is 1.09 bits per heavy atom. The maximum absolute atomic E-state index is 11.8. The van der Waals surface area contributed by atoms with Gasteiger partial charge in [0.25, 0.3) is 0 Å². The summed E-state index contributed by atoms with van der Waals surface area (Å²) in [6.45, 7) is 8.19. The quantitative estimate of drug-likeness (QED) is 0.579. The van der Waals surface area contributed by atoms with Crippen LogP contribution in [0.25, 0.3) is 0 Å². The number of imide groups is 1. The van der Waals surface area contributed by atoms with Crippen molar-refractivity contribution in [2.75, 3.05) is 13.2 Å². The van der Waals surface area contributed by atoms with Crippen molar-refractivity contribution in [3.8, 4) is 0 Å². The van der Waals surface area contributed by atoms with Crippen molar-refractivity contribution in [2.45, 2.75) is 52.7 Å². The molecule has 0 saturated carbocycles. The highest BCUT2D eigenvalue weighted by molar-refractivity contribution is 6.01. The molecule has 2 aliphatic rings. The van der Waals surface area contributed by atoms with Gasteiger partial charge < -0.3 is 9.47 Å². The van der Waals surface area contributed by atoms with Crippen molar-refractivity contribution in [1.82, 2.24) is 4.90 Å². The summed E-state index contributed by atoms with van der Waals surface area (Å²) in [4.78, 5) is 35.9. The first-order valence-corrected chi connectivity index (χ1v) is 7.93. The number of carbonyl (C=O) groups is 3. The highest BCUT2D eigenvalue weighted by atomic mass is 16.6. The van der Waals surface area contributed by atoms with Crippen LogP contribution in [0.5, 0.6) is 0 Å². The zero-order valence-electron chi connectivity index (χ0n) is 13.7. The van der Waals surface area contributed by atoms with E-state index in [0.29, 0.717) is 25.3 Å². The standard InChI is InChI=1S/C16H25NO5/c1-9-10(2)13(7-17-15(19)5-6-16(17)20)22-14(11(9)3)8-21-12(4)18/h9-11,13-14H,5-8H2,1-4H3. The molecule has 2 aliphatic heterocycles. The summed E-state index contributed by atoms with van der Waals surface area (Å²) in [5.41, 5.74) is 0. The zero-order chi connectivity index (χ0) is 16.4. The fourth-order valence-corrected chi connectivity index (χ4v) is 3.23. The Labute approximate surface area is 131 Å². The van der Waals surface area contributed by atoms with Crippen molar-refractivity contribution in [3.05, 3.63) is 0 Å². The summed E-state index contributed by atoms with van der Waals surface area (Å²) in [6, 6.07) is 0. The Bertz CT molecular complexity index is 447. The van der Waals surface area contributed by atoms with Crippen molar-refractivity contribution in [3.63, 3.8) is 0 Å². The van der Waals surface area contributed by atoms with E-state index in [1.54, 1.807) is 0 Å². The average Bonchev–Trinajstić information content (AvgIpc) is 2.78. The van der Waals surface area contributed by atoms with Gasteiger partial charge in [-0.05, 0) is 17.8 Å². The average molecular weight is 311 g/mol. The molecule has 0 N–H and O–H groups in total. The van der Waals surface area contributed by atoms with Crippen LogP contribution in [-0.4, -0.2) is 48.0 Å². The van der Waals surface area contributed by atoms with Gasteiger partial charge in [-0.2, -0.15) is 0 Å². The molecule has 124 valence electrons. The molecule has 6 nitrogen and oxygen atoms in total. The van der Waals surface area contributed by atoms with Crippen LogP contribution >= 0.6 is 0 Å². The summed E-state index contributed by atoms with van der Waals surface area (Å²) in [6.07, 6.45) is 0.177. The first-order chi connectivity index (χ1) is 10.3. The van der Waals surface area contributed by atoms with Crippen LogP contribution in [0, 0.1) is 17.8 Å². The molecule has 5 atom stereocenters. The highest BCUT2D eigenvalue weighted by Crippen LogP contribution is 2.36. The third kappa shape index (κ3) is 3.48. The number of nitrogens with zero attached hydrogens (tertiary/aromatic N) is 1. The number of esters is 1. The zero-order valence-corrected chi connectivity index (χ0v) is 13.7. The Morgan fingerprint density at radius 3 is 2.18 bits per heavy atom. The molecule has 5 unspecified atom stereocenters. The molecule has 0 spiro atoms. The molecular formula is C16H25NO5. The predicted molar refractivity (Wildman–Crippen MR) is 78.7 cm³/mol. The molecule has 0 aromatic rings. The molecule has 0 radical (unpaired) electrons. The topological polar surface area (TPSA) is 72.9 Å². The molecule has 0 aromatic heterocycles. The molecule has 2 fully saturated rings. The summed E-state index contributed by atoms with van der Waals surface area (Å²) in [5.74, 6) is 0.253. The van der Waals surface area contributed by atoms with Gasteiger partial charge in [0.2, 0.25) is 11.8 Å². The van der Waals surface area contributed by atoms with Crippen LogP contribution in [0.4, 0.5) is 0 Å². The first kappa shape index (κ1) is 16.9. The summed E-state index contributed by atoms with van der Waals surface area (Å²) >= 11 is 0. The summed E-state index contributed by atoms with van der Waals surface area (Å²) < 4.78 is 11.2. The van der Waals surface area contributed by atoms with Crippen LogP contribution in [0.15, 0.2) is 0 Å². The number of likely N-dealkylation sites (tertiary alicyclic amines) is 1. The maximum atomic E-state index is 11.8. The number of hydrogen-bond acceptors (Lipinski definition) is 5. The summed E-state index contributed by atoms with van der Waals surface area (Å²) in [7, 11) is 0. The minimum absolute atomic E-state index is 0.122. The molecule has 22 heavy (non-hydrogen) atoms. The van der Waals surface area contributed by atoms with Gasteiger partial charge in [-0.1, -0.05) is 20.8 Å². The van der Waals surface area contributed by atoms with E-state index in [0.717, 1.165) is 0 Å². The van der Waals surface area contributed by atoms with E-state index >= 15 is 0 Å². The highest BCUT2D eigenvalue weighted by Gasteiger charge is 2.42. The fraction of sp³-hybridized carbons (Fsp3) is 0.812. The van der Waals surface area contributed by atoms with Gasteiger partial charge in [0.1, 0.15) is 6.61 Å². The van der Waals surface area contributed by atoms with Crippen LogP contribution in [-0.2, 0) is 23.9 Å². The van der Waals surface area contributed by atoms with Crippen LogP contribution < -0.4 is 0 Å². The van der Waals surface area contributed by atoms with E-state index in [9.17, 15) is 14.4 Å². The van der Waals surface area contributed by atoms with Crippen LogP contribution in [0.2, 0.25) is 0 Å². The van der Waals surface area contributed by atoms with Gasteiger partial charge in [0, 0.05) is 19.8 Å². The molecule has 6 heteroatoms. The molecule has 2 rings (SSSR count). The van der Waals surface area contributed by atoms with Crippen LogP contribution in [0.1, 0.15) is 40.5 Å². The lowest BCUT2D eigenvalue weighted by Crippen LogP contribution is -2.51. The molecule has 0 aliphatic carbocycles. The smallest absolute Gasteiger partial charge is 0.302 e. The molecule has 2 amide bonds. The van der Waals surface area contributed by atoms with Crippen molar-refractivity contribution < 1.29 is 23.9 Å². The first-order valence-electron chi connectivity index (χ1n) is 7.93. The van der Waals surface area contributed by atoms with Crippen molar-refractivity contribution in [1.29, 1.82) is 0 Å². The number of hydrogen-bond donors (Lipinski definition) is 0. The third-order valence-corrected chi connectivity index (χ3v) is 5.15. The van der Waals surface area contributed by atoms with E-state index in [4.69, 9.17) is 9.47 Å². The Hall–Kier alpha value is -1.43. The molecule has 0 aromatic carbocycles. The summed E-state index contributed by atoms with van der Waals surface area (Å²) in [5, 5.41) is 0. The second-order valence-corrected chi connectivity index (χ2v) is 6.49. The lowest BCUT2D eigenvalue weighted by Gasteiger charge is -2.44. The monoisotopic (exact) mass is 311 g/mol. The number of amides is 2. The number of ether oxygens (including phenoxy) is 2. The van der Waals surface area contributed by atoms with Gasteiger partial charge in [0.15, 0.2) is 0 Å². The molecule has 2 heterocycles.